The summed E-state index contributed by atoms with van der Waals surface area (Å²) < 4.78 is 11.7. The predicted molar refractivity (Wildman–Crippen MR) is 109 cm³/mol. The van der Waals surface area contributed by atoms with Crippen molar-refractivity contribution in [1.29, 1.82) is 0 Å². The zero-order chi connectivity index (χ0) is 20.7. The molecule has 0 aliphatic carbocycles. The van der Waals surface area contributed by atoms with Crippen LogP contribution >= 0.6 is 0 Å². The van der Waals surface area contributed by atoms with E-state index >= 15 is 0 Å². The minimum Gasteiger partial charge on any atom is -0.478 e. The summed E-state index contributed by atoms with van der Waals surface area (Å²) in [6.07, 6.45) is 1.40. The number of Topliss-reactive ketones (excluding diaryl/α,β-unsaturated/α-hetero) is 1. The van der Waals surface area contributed by atoms with Crippen molar-refractivity contribution in [3.63, 3.8) is 0 Å². The highest BCUT2D eigenvalue weighted by molar-refractivity contribution is 6.07. The van der Waals surface area contributed by atoms with Crippen LogP contribution in [0.15, 0.2) is 44.8 Å². The van der Waals surface area contributed by atoms with Crippen LogP contribution in [-0.2, 0) is 4.79 Å². The first kappa shape index (κ1) is 19.0. The molecular formula is C22H21N3O4. The van der Waals surface area contributed by atoms with Gasteiger partial charge in [0.1, 0.15) is 23.5 Å². The molecule has 0 N–H and O–H groups in total. The highest BCUT2D eigenvalue weighted by Crippen LogP contribution is 2.46. The smallest absolute Gasteiger partial charge is 0.222 e. The molecule has 0 saturated heterocycles. The Balaban J connectivity index is 2.09. The van der Waals surface area contributed by atoms with Crippen LogP contribution in [0.5, 0.6) is 5.88 Å². The molecule has 3 heterocycles. The van der Waals surface area contributed by atoms with Gasteiger partial charge in [0.25, 0.3) is 0 Å². The zero-order valence-electron chi connectivity index (χ0n) is 16.7. The summed E-state index contributed by atoms with van der Waals surface area (Å²) in [6, 6.07) is 6.86. The van der Waals surface area contributed by atoms with Gasteiger partial charge in [-0.15, -0.1) is 0 Å². The van der Waals surface area contributed by atoms with Crippen molar-refractivity contribution in [3.05, 3.63) is 57.7 Å². The number of rotatable bonds is 4. The average molecular weight is 391 g/mol. The maximum atomic E-state index is 12.7. The minimum absolute atomic E-state index is 0.0415. The average Bonchev–Trinajstić information content (AvgIpc) is 2.66. The summed E-state index contributed by atoms with van der Waals surface area (Å²) in [7, 11) is 0. The Morgan fingerprint density at radius 2 is 2.03 bits per heavy atom. The first-order chi connectivity index (χ1) is 13.9. The van der Waals surface area contributed by atoms with Crippen molar-refractivity contribution in [2.45, 2.75) is 33.6 Å². The van der Waals surface area contributed by atoms with E-state index in [1.54, 1.807) is 26.0 Å². The molecule has 1 aromatic carbocycles. The molecule has 3 aromatic rings. The number of ether oxygens (including phenoxy) is 1. The van der Waals surface area contributed by atoms with Crippen LogP contribution in [0.25, 0.3) is 11.0 Å². The number of hydrogen-bond donors (Lipinski definition) is 0. The lowest BCUT2D eigenvalue weighted by Crippen LogP contribution is -2.31. The minimum atomic E-state index is -0.538. The molecule has 0 amide bonds. The molecule has 0 bridgehead atoms. The van der Waals surface area contributed by atoms with Crippen LogP contribution < -0.4 is 10.2 Å². The normalized spacial score (nSPS) is 18.3. The van der Waals surface area contributed by atoms with Crippen LogP contribution in [0.1, 0.15) is 43.6 Å². The van der Waals surface area contributed by atoms with Gasteiger partial charge in [0.15, 0.2) is 11.2 Å². The van der Waals surface area contributed by atoms with Crippen LogP contribution in [-0.4, -0.2) is 28.1 Å². The van der Waals surface area contributed by atoms with Gasteiger partial charge >= 0.3 is 0 Å². The van der Waals surface area contributed by atoms with Gasteiger partial charge in [0, 0.05) is 23.3 Å². The number of aryl methyl sites for hydroxylation is 1. The molecule has 7 nitrogen and oxygen atoms in total. The Labute approximate surface area is 167 Å². The fraction of sp³-hybridized carbons (Fsp3) is 0.318. The van der Waals surface area contributed by atoms with E-state index in [-0.39, 0.29) is 11.2 Å². The Morgan fingerprint density at radius 1 is 1.24 bits per heavy atom. The molecule has 2 unspecified atom stereocenters. The Morgan fingerprint density at radius 3 is 2.76 bits per heavy atom. The van der Waals surface area contributed by atoms with E-state index < -0.39 is 11.8 Å². The lowest BCUT2D eigenvalue weighted by molar-refractivity contribution is -0.119. The second kappa shape index (κ2) is 7.24. The fourth-order valence-corrected chi connectivity index (χ4v) is 4.05. The number of nitrogens with zero attached hydrogens (tertiary/aromatic N) is 3. The number of ketones is 1. The molecule has 0 saturated carbocycles. The number of para-hydroxylation sites is 1. The second-order valence-electron chi connectivity index (χ2n) is 7.11. The first-order valence-electron chi connectivity index (χ1n) is 9.49. The number of aliphatic imine (C=N–C) groups is 1. The molecule has 0 radical (unpaired) electrons. The van der Waals surface area contributed by atoms with Gasteiger partial charge in [0.2, 0.25) is 5.88 Å². The van der Waals surface area contributed by atoms with Gasteiger partial charge in [-0.25, -0.2) is 15.0 Å². The quantitative estimate of drug-likeness (QED) is 0.672. The van der Waals surface area contributed by atoms with Gasteiger partial charge in [-0.3, -0.25) is 9.59 Å². The number of fused-ring (bicyclic) bond motifs is 2. The van der Waals surface area contributed by atoms with Gasteiger partial charge in [0.05, 0.1) is 23.5 Å². The summed E-state index contributed by atoms with van der Waals surface area (Å²) in [6.45, 7) is 7.36. The molecule has 2 atom stereocenters. The summed E-state index contributed by atoms with van der Waals surface area (Å²) >= 11 is 0. The predicted octanol–water partition coefficient (Wildman–Crippen LogP) is 3.73. The van der Waals surface area contributed by atoms with Crippen LogP contribution in [0.4, 0.5) is 5.82 Å². The molecule has 7 heteroatoms. The molecule has 2 aromatic heterocycles. The SMILES string of the molecule is CCOc1ncnc2c1C(c1cccc3c(=O)cc(C)oc13)C(C(C)=O)C(C)=N2. The van der Waals surface area contributed by atoms with Crippen molar-refractivity contribution in [2.24, 2.45) is 10.9 Å². The lowest BCUT2D eigenvalue weighted by Gasteiger charge is -2.31. The molecule has 4 rings (SSSR count). The highest BCUT2D eigenvalue weighted by Gasteiger charge is 2.40. The molecule has 1 aliphatic heterocycles. The summed E-state index contributed by atoms with van der Waals surface area (Å²) in [5, 5.41) is 0.465. The lowest BCUT2D eigenvalue weighted by atomic mass is 9.75. The standard InChI is InChI=1S/C22H21N3O4/c1-5-28-22-19-18(17(13(4)26)12(3)25-21(19)23-10-24-22)15-8-6-7-14-16(27)9-11(2)29-20(14)15/h6-10,17-18H,5H2,1-4H3. The van der Waals surface area contributed by atoms with E-state index in [1.807, 2.05) is 19.9 Å². The largest absolute Gasteiger partial charge is 0.478 e. The monoisotopic (exact) mass is 391 g/mol. The topological polar surface area (TPSA) is 94.6 Å². The Bertz CT molecular complexity index is 1210. The highest BCUT2D eigenvalue weighted by atomic mass is 16.5. The van der Waals surface area contributed by atoms with Crippen molar-refractivity contribution in [2.75, 3.05) is 6.61 Å². The Hall–Kier alpha value is -3.35. The number of benzene rings is 1. The second-order valence-corrected chi connectivity index (χ2v) is 7.11. The van der Waals surface area contributed by atoms with Crippen molar-refractivity contribution in [1.82, 2.24) is 9.97 Å². The van der Waals surface area contributed by atoms with Crippen LogP contribution in [0.2, 0.25) is 0 Å². The Kier molecular flexibility index (Phi) is 4.74. The summed E-state index contributed by atoms with van der Waals surface area (Å²) in [5.74, 6) is 0.304. The van der Waals surface area contributed by atoms with Gasteiger partial charge in [-0.05, 0) is 33.8 Å². The number of aromatic nitrogens is 2. The van der Waals surface area contributed by atoms with Crippen molar-refractivity contribution in [3.8, 4) is 5.88 Å². The fourth-order valence-electron chi connectivity index (χ4n) is 4.05. The number of carbonyl (C=O) groups excluding carboxylic acids is 1. The van der Waals surface area contributed by atoms with E-state index in [0.717, 1.165) is 5.56 Å². The summed E-state index contributed by atoms with van der Waals surface area (Å²) in [5.41, 5.74) is 2.34. The van der Waals surface area contributed by atoms with E-state index in [0.29, 0.717) is 46.3 Å². The molecule has 0 fully saturated rings. The molecule has 0 spiro atoms. The third kappa shape index (κ3) is 3.12. The first-order valence-corrected chi connectivity index (χ1v) is 9.49. The van der Waals surface area contributed by atoms with Gasteiger partial charge in [-0.2, -0.15) is 0 Å². The third-order valence-electron chi connectivity index (χ3n) is 5.17. The maximum Gasteiger partial charge on any atom is 0.222 e. The van der Waals surface area contributed by atoms with Gasteiger partial charge < -0.3 is 9.15 Å². The maximum absolute atomic E-state index is 12.7. The molecular weight excluding hydrogens is 370 g/mol. The van der Waals surface area contributed by atoms with E-state index in [9.17, 15) is 9.59 Å². The van der Waals surface area contributed by atoms with Gasteiger partial charge in [-0.1, -0.05) is 12.1 Å². The van der Waals surface area contributed by atoms with E-state index in [1.165, 1.54) is 12.4 Å². The van der Waals surface area contributed by atoms with Crippen LogP contribution in [0, 0.1) is 12.8 Å². The third-order valence-corrected chi connectivity index (χ3v) is 5.17. The van der Waals surface area contributed by atoms with Crippen LogP contribution in [0.3, 0.4) is 0 Å². The molecule has 148 valence electrons. The summed E-state index contributed by atoms with van der Waals surface area (Å²) in [4.78, 5) is 38.4. The van der Waals surface area contributed by atoms with E-state index in [2.05, 4.69) is 15.0 Å². The molecule has 29 heavy (non-hydrogen) atoms. The zero-order valence-corrected chi connectivity index (χ0v) is 16.7. The van der Waals surface area contributed by atoms with Crippen molar-refractivity contribution >= 4 is 28.3 Å². The number of hydrogen-bond acceptors (Lipinski definition) is 7. The molecule has 1 aliphatic rings. The van der Waals surface area contributed by atoms with E-state index in [4.69, 9.17) is 9.15 Å². The van der Waals surface area contributed by atoms with Crippen molar-refractivity contribution < 1.29 is 13.9 Å². The number of carbonyl (C=O) groups is 1.